The molecule has 0 unspecified atom stereocenters. The highest BCUT2D eigenvalue weighted by molar-refractivity contribution is 14.1. The number of aryl methyl sites for hydroxylation is 1. The number of nitrogens with one attached hydrogen (secondary N) is 2. The maximum absolute atomic E-state index is 12.6. The molecule has 0 saturated heterocycles. The molecule has 0 radical (unpaired) electrons. The minimum atomic E-state index is -0.323. The molecule has 2 N–H and O–H groups in total. The maximum Gasteiger partial charge on any atom is 0.258 e. The number of hydrogen-bond acceptors (Lipinski definition) is 2. The van der Waals surface area contributed by atoms with E-state index in [4.69, 9.17) is 23.2 Å². The average Bonchev–Trinajstić information content (AvgIpc) is 3.05. The van der Waals surface area contributed by atoms with Crippen LogP contribution in [0.15, 0.2) is 47.5 Å². The molecule has 2 aromatic rings. The first-order valence-electron chi connectivity index (χ1n) is 7.69. The molecular weight excluding hydrogens is 486 g/mol. The second-order valence-corrected chi connectivity index (χ2v) is 8.20. The van der Waals surface area contributed by atoms with Crippen LogP contribution in [0, 0.1) is 10.5 Å². The van der Waals surface area contributed by atoms with Crippen molar-refractivity contribution in [3.63, 3.8) is 0 Å². The van der Waals surface area contributed by atoms with Gasteiger partial charge in [0, 0.05) is 24.7 Å². The van der Waals surface area contributed by atoms with Gasteiger partial charge in [0.2, 0.25) is 0 Å². The SMILES string of the molecule is Cc1cc(I)cc(C2=C3C(=O)NC(c4cc(Cl)cc(Cl)c4)=C3C(=O)N2)c1. The highest BCUT2D eigenvalue weighted by Gasteiger charge is 2.41. The van der Waals surface area contributed by atoms with Crippen LogP contribution in [0.5, 0.6) is 0 Å². The van der Waals surface area contributed by atoms with Gasteiger partial charge in [0.15, 0.2) is 0 Å². The third-order valence-electron chi connectivity index (χ3n) is 4.16. The third kappa shape index (κ3) is 2.94. The topological polar surface area (TPSA) is 58.2 Å². The standard InChI is InChI=1S/C19H11Cl2IN2O2/c1-8-2-9(6-13(22)3-8)16-14-15(19(26)23-16)17(24-18(14)25)10-4-11(20)7-12(21)5-10/h2-7H,1H3,(H,23,26)(H,24,25). The molecule has 0 aromatic heterocycles. The molecule has 4 rings (SSSR count). The van der Waals surface area contributed by atoms with Gasteiger partial charge in [-0.3, -0.25) is 9.59 Å². The Hall–Kier alpha value is -1.83. The quantitative estimate of drug-likeness (QED) is 0.609. The lowest BCUT2D eigenvalue weighted by Gasteiger charge is -2.09. The van der Waals surface area contributed by atoms with Crippen LogP contribution in [-0.2, 0) is 9.59 Å². The molecule has 130 valence electrons. The van der Waals surface area contributed by atoms with Crippen molar-refractivity contribution >= 4 is 69.0 Å². The van der Waals surface area contributed by atoms with Gasteiger partial charge in [0.05, 0.1) is 22.5 Å². The smallest absolute Gasteiger partial charge is 0.258 e. The number of carbonyl (C=O) groups excluding carboxylic acids is 2. The van der Waals surface area contributed by atoms with Gasteiger partial charge in [-0.15, -0.1) is 0 Å². The van der Waals surface area contributed by atoms with Crippen LogP contribution < -0.4 is 10.6 Å². The van der Waals surface area contributed by atoms with E-state index in [-0.39, 0.29) is 11.8 Å². The van der Waals surface area contributed by atoms with Crippen molar-refractivity contribution in [2.45, 2.75) is 6.92 Å². The van der Waals surface area contributed by atoms with Gasteiger partial charge < -0.3 is 10.6 Å². The Labute approximate surface area is 173 Å². The van der Waals surface area contributed by atoms with E-state index in [1.165, 1.54) is 0 Å². The molecule has 2 aliphatic rings. The monoisotopic (exact) mass is 496 g/mol. The van der Waals surface area contributed by atoms with Gasteiger partial charge >= 0.3 is 0 Å². The van der Waals surface area contributed by atoms with Crippen LogP contribution in [0.25, 0.3) is 11.4 Å². The summed E-state index contributed by atoms with van der Waals surface area (Å²) in [5.74, 6) is -0.646. The van der Waals surface area contributed by atoms with Crippen molar-refractivity contribution in [2.75, 3.05) is 0 Å². The van der Waals surface area contributed by atoms with Crippen molar-refractivity contribution in [1.82, 2.24) is 10.6 Å². The summed E-state index contributed by atoms with van der Waals surface area (Å²) in [5.41, 5.74) is 4.05. The van der Waals surface area contributed by atoms with E-state index >= 15 is 0 Å². The minimum Gasteiger partial charge on any atom is -0.321 e. The minimum absolute atomic E-state index is 0.319. The normalized spacial score (nSPS) is 16.2. The highest BCUT2D eigenvalue weighted by atomic mass is 127. The lowest BCUT2D eigenvalue weighted by atomic mass is 10.0. The zero-order chi connectivity index (χ0) is 18.6. The number of halogens is 3. The fraction of sp³-hybridized carbons (Fsp3) is 0.0526. The Morgan fingerprint density at radius 3 is 1.77 bits per heavy atom. The zero-order valence-corrected chi connectivity index (χ0v) is 17.1. The van der Waals surface area contributed by atoms with Gasteiger partial charge in [-0.05, 0) is 71.5 Å². The molecule has 0 atom stereocenters. The first kappa shape index (κ1) is 17.6. The summed E-state index contributed by atoms with van der Waals surface area (Å²) < 4.78 is 1.03. The molecule has 7 heteroatoms. The molecule has 0 fully saturated rings. The van der Waals surface area contributed by atoms with Gasteiger partial charge in [-0.25, -0.2) is 0 Å². The van der Waals surface area contributed by atoms with Crippen LogP contribution in [0.3, 0.4) is 0 Å². The van der Waals surface area contributed by atoms with Crippen molar-refractivity contribution in [3.8, 4) is 0 Å². The van der Waals surface area contributed by atoms with Crippen molar-refractivity contribution in [1.29, 1.82) is 0 Å². The molecule has 26 heavy (non-hydrogen) atoms. The molecule has 0 saturated carbocycles. The summed E-state index contributed by atoms with van der Waals surface area (Å²) in [5, 5.41) is 6.49. The van der Waals surface area contributed by atoms with Crippen LogP contribution >= 0.6 is 45.8 Å². The number of fused-ring (bicyclic) bond motifs is 1. The van der Waals surface area contributed by atoms with Gasteiger partial charge in [0.25, 0.3) is 11.8 Å². The summed E-state index contributed by atoms with van der Waals surface area (Å²) in [4.78, 5) is 25.3. The summed E-state index contributed by atoms with van der Waals surface area (Å²) >= 11 is 14.4. The molecule has 2 aromatic carbocycles. The fourth-order valence-electron chi connectivity index (χ4n) is 3.19. The fourth-order valence-corrected chi connectivity index (χ4v) is 4.55. The number of rotatable bonds is 2. The van der Waals surface area contributed by atoms with Gasteiger partial charge in [-0.2, -0.15) is 0 Å². The predicted octanol–water partition coefficient (Wildman–Crippen LogP) is 4.29. The Bertz CT molecular complexity index is 947. The van der Waals surface area contributed by atoms with Crippen molar-refractivity contribution in [2.24, 2.45) is 0 Å². The molecule has 0 aliphatic carbocycles. The second-order valence-electron chi connectivity index (χ2n) is 6.08. The van der Waals surface area contributed by atoms with E-state index in [0.29, 0.717) is 38.1 Å². The lowest BCUT2D eigenvalue weighted by molar-refractivity contribution is -0.117. The van der Waals surface area contributed by atoms with Crippen LogP contribution in [0.2, 0.25) is 10.0 Å². The zero-order valence-electron chi connectivity index (χ0n) is 13.4. The van der Waals surface area contributed by atoms with Crippen molar-refractivity contribution < 1.29 is 9.59 Å². The van der Waals surface area contributed by atoms with Crippen molar-refractivity contribution in [3.05, 3.63) is 77.9 Å². The molecule has 2 heterocycles. The summed E-state index contributed by atoms with van der Waals surface area (Å²) in [7, 11) is 0. The van der Waals surface area contributed by atoms with Gasteiger partial charge in [0.1, 0.15) is 0 Å². The number of benzene rings is 2. The summed E-state index contributed by atoms with van der Waals surface area (Å²) in [6, 6.07) is 10.8. The van der Waals surface area contributed by atoms with Gasteiger partial charge in [-0.1, -0.05) is 23.2 Å². The van der Waals surface area contributed by atoms with E-state index in [0.717, 1.165) is 14.7 Å². The summed E-state index contributed by atoms with van der Waals surface area (Å²) in [6.07, 6.45) is 0. The predicted molar refractivity (Wildman–Crippen MR) is 110 cm³/mol. The lowest BCUT2D eigenvalue weighted by Crippen LogP contribution is -2.21. The number of hydrogen-bond donors (Lipinski definition) is 2. The molecule has 0 spiro atoms. The summed E-state index contributed by atoms with van der Waals surface area (Å²) in [6.45, 7) is 1.97. The maximum atomic E-state index is 12.6. The average molecular weight is 497 g/mol. The van der Waals surface area contributed by atoms with Crippen LogP contribution in [0.4, 0.5) is 0 Å². The van der Waals surface area contributed by atoms with E-state index < -0.39 is 0 Å². The number of carbonyl (C=O) groups is 2. The Kier molecular flexibility index (Phi) is 4.33. The van der Waals surface area contributed by atoms with E-state index in [1.54, 1.807) is 18.2 Å². The first-order valence-corrected chi connectivity index (χ1v) is 9.52. The van der Waals surface area contributed by atoms with E-state index in [2.05, 4.69) is 33.2 Å². The molecule has 4 nitrogen and oxygen atoms in total. The first-order chi connectivity index (χ1) is 12.3. The molecular formula is C19H11Cl2IN2O2. The second kappa shape index (κ2) is 6.40. The van der Waals surface area contributed by atoms with Crippen LogP contribution in [-0.4, -0.2) is 11.8 Å². The third-order valence-corrected chi connectivity index (χ3v) is 5.22. The number of amides is 2. The van der Waals surface area contributed by atoms with Crippen LogP contribution in [0.1, 0.15) is 16.7 Å². The van der Waals surface area contributed by atoms with E-state index in [1.807, 2.05) is 25.1 Å². The van der Waals surface area contributed by atoms with E-state index in [9.17, 15) is 9.59 Å². The Morgan fingerprint density at radius 1 is 0.769 bits per heavy atom. The highest BCUT2D eigenvalue weighted by Crippen LogP contribution is 2.38. The molecule has 2 amide bonds. The Balaban J connectivity index is 1.93. The largest absolute Gasteiger partial charge is 0.321 e. The molecule has 0 bridgehead atoms. The Morgan fingerprint density at radius 2 is 1.27 bits per heavy atom. The molecule has 2 aliphatic heterocycles.